The number of rotatable bonds is 5. The van der Waals surface area contributed by atoms with Crippen LogP contribution in [0.5, 0.6) is 11.5 Å². The zero-order valence-electron chi connectivity index (χ0n) is 14.9. The highest BCUT2D eigenvalue weighted by molar-refractivity contribution is 9.11. The van der Waals surface area contributed by atoms with Gasteiger partial charge in [0, 0.05) is 5.56 Å². The molecule has 0 aliphatic heterocycles. The van der Waals surface area contributed by atoms with Crippen LogP contribution in [0.2, 0.25) is 0 Å². The number of carbonyl (C=O) groups excluding carboxylic acids is 1. The van der Waals surface area contributed by atoms with Gasteiger partial charge in [0.05, 0.1) is 10.7 Å². The molecule has 3 aromatic carbocycles. The third kappa shape index (κ3) is 4.19. The molecule has 29 heavy (non-hydrogen) atoms. The third-order valence-electron chi connectivity index (χ3n) is 4.28. The molecule has 6 nitrogen and oxygen atoms in total. The average Bonchev–Trinajstić information content (AvgIpc) is 2.76. The lowest BCUT2D eigenvalue weighted by Crippen LogP contribution is -2.43. The Bertz CT molecular complexity index is 1020. The predicted octanol–water partition coefficient (Wildman–Crippen LogP) is 4.01. The molecule has 4 N–H and O–H groups in total. The van der Waals surface area contributed by atoms with Crippen LogP contribution in [0, 0.1) is 0 Å². The van der Waals surface area contributed by atoms with Crippen LogP contribution in [-0.2, 0) is 10.4 Å². The molecule has 0 atom stereocenters. The molecule has 0 radical (unpaired) electrons. The minimum atomic E-state index is -1.96. The Kier molecular flexibility index (Phi) is 6.36. The molecule has 0 aliphatic rings. The molecule has 0 bridgehead atoms. The molecular weight excluding hydrogens is 504 g/mol. The Labute approximate surface area is 183 Å². The summed E-state index contributed by atoms with van der Waals surface area (Å²) in [5.74, 6) is -1.17. The molecule has 8 heteroatoms. The van der Waals surface area contributed by atoms with Gasteiger partial charge in [0.1, 0.15) is 16.0 Å². The highest BCUT2D eigenvalue weighted by atomic mass is 79.9. The molecule has 0 fully saturated rings. The first-order valence-corrected chi connectivity index (χ1v) is 10.0. The molecule has 148 valence electrons. The molecule has 0 aliphatic carbocycles. The zero-order chi connectivity index (χ0) is 21.0. The van der Waals surface area contributed by atoms with Crippen molar-refractivity contribution in [1.82, 2.24) is 5.43 Å². The van der Waals surface area contributed by atoms with Gasteiger partial charge in [0.2, 0.25) is 0 Å². The molecule has 3 rings (SSSR count). The second-order valence-corrected chi connectivity index (χ2v) is 7.75. The van der Waals surface area contributed by atoms with E-state index < -0.39 is 11.5 Å². The van der Waals surface area contributed by atoms with Gasteiger partial charge in [-0.2, -0.15) is 5.10 Å². The highest BCUT2D eigenvalue weighted by Crippen LogP contribution is 2.40. The van der Waals surface area contributed by atoms with Crippen LogP contribution in [0.1, 0.15) is 16.7 Å². The number of hydrazone groups is 1. The summed E-state index contributed by atoms with van der Waals surface area (Å²) in [5, 5.41) is 35.1. The number of halogens is 2. The number of hydrogen-bond acceptors (Lipinski definition) is 5. The number of phenolic OH excluding ortho intramolecular Hbond substituents is 2. The van der Waals surface area contributed by atoms with Crippen LogP contribution in [0.4, 0.5) is 0 Å². The van der Waals surface area contributed by atoms with Crippen LogP contribution in [0.15, 0.2) is 80.8 Å². The Morgan fingerprint density at radius 1 is 0.931 bits per heavy atom. The van der Waals surface area contributed by atoms with E-state index in [0.29, 0.717) is 15.6 Å². The summed E-state index contributed by atoms with van der Waals surface area (Å²) >= 11 is 6.24. The van der Waals surface area contributed by atoms with Crippen molar-refractivity contribution in [3.05, 3.63) is 92.4 Å². The summed E-state index contributed by atoms with van der Waals surface area (Å²) in [5.41, 5.74) is 1.38. The Morgan fingerprint density at radius 2 is 1.45 bits per heavy atom. The van der Waals surface area contributed by atoms with Crippen molar-refractivity contribution in [2.45, 2.75) is 5.60 Å². The van der Waals surface area contributed by atoms with Crippen LogP contribution < -0.4 is 5.43 Å². The number of nitrogens with one attached hydrogen (secondary N) is 1. The minimum absolute atomic E-state index is 0.0877. The summed E-state index contributed by atoms with van der Waals surface area (Å²) in [6.45, 7) is 0. The monoisotopic (exact) mass is 518 g/mol. The number of phenols is 2. The number of benzene rings is 3. The average molecular weight is 520 g/mol. The van der Waals surface area contributed by atoms with Crippen molar-refractivity contribution < 1.29 is 20.1 Å². The van der Waals surface area contributed by atoms with Gasteiger partial charge in [0.15, 0.2) is 5.60 Å². The van der Waals surface area contributed by atoms with Gasteiger partial charge in [-0.05, 0) is 49.1 Å². The predicted molar refractivity (Wildman–Crippen MR) is 117 cm³/mol. The number of aromatic hydroxyl groups is 2. The lowest BCUT2D eigenvalue weighted by molar-refractivity contribution is -0.136. The fourth-order valence-electron chi connectivity index (χ4n) is 2.74. The molecule has 0 spiro atoms. The zero-order valence-corrected chi connectivity index (χ0v) is 18.1. The maximum atomic E-state index is 12.9. The van der Waals surface area contributed by atoms with Crippen LogP contribution in [0.25, 0.3) is 0 Å². The van der Waals surface area contributed by atoms with E-state index in [4.69, 9.17) is 0 Å². The molecule has 0 unspecified atom stereocenters. The fraction of sp³-hybridized carbons (Fsp3) is 0.0476. The van der Waals surface area contributed by atoms with Gasteiger partial charge in [-0.1, -0.05) is 60.7 Å². The van der Waals surface area contributed by atoms with Crippen molar-refractivity contribution in [2.24, 2.45) is 5.10 Å². The molecule has 0 saturated heterocycles. The summed E-state index contributed by atoms with van der Waals surface area (Å²) in [6, 6.07) is 18.5. The van der Waals surface area contributed by atoms with Crippen LogP contribution in [0.3, 0.4) is 0 Å². The van der Waals surface area contributed by atoms with E-state index in [1.165, 1.54) is 12.3 Å². The van der Waals surface area contributed by atoms with Gasteiger partial charge >= 0.3 is 0 Å². The number of nitrogens with zero attached hydrogens (tertiary/aromatic N) is 1. The normalized spacial score (nSPS) is 11.6. The molecule has 3 aromatic rings. The Morgan fingerprint density at radius 3 is 1.97 bits per heavy atom. The number of hydrogen-bond donors (Lipinski definition) is 4. The van der Waals surface area contributed by atoms with E-state index in [0.717, 1.165) is 0 Å². The van der Waals surface area contributed by atoms with Gasteiger partial charge in [-0.3, -0.25) is 4.79 Å². The first-order valence-electron chi connectivity index (χ1n) is 8.42. The number of amides is 1. The topological polar surface area (TPSA) is 102 Å². The van der Waals surface area contributed by atoms with E-state index in [2.05, 4.69) is 42.4 Å². The second kappa shape index (κ2) is 8.77. The number of carbonyl (C=O) groups is 1. The SMILES string of the molecule is O=C(N/N=C/c1cc(Br)c(O)c(Br)c1O)C(O)(c1ccccc1)c1ccccc1. The van der Waals surface area contributed by atoms with Crippen molar-refractivity contribution in [3.8, 4) is 11.5 Å². The first kappa shape index (κ1) is 21.0. The van der Waals surface area contributed by atoms with E-state index in [1.807, 2.05) is 0 Å². The highest BCUT2D eigenvalue weighted by Gasteiger charge is 2.39. The Hall–Kier alpha value is -2.68. The van der Waals surface area contributed by atoms with E-state index >= 15 is 0 Å². The minimum Gasteiger partial charge on any atom is -0.506 e. The van der Waals surface area contributed by atoms with E-state index in [9.17, 15) is 20.1 Å². The standard InChI is InChI=1S/C21H16Br2N2O4/c22-16-11-13(18(26)17(23)19(16)27)12-24-25-20(28)21(29,14-7-3-1-4-8-14)15-9-5-2-6-10-15/h1-12,26-27,29H,(H,25,28)/b24-12+. The van der Waals surface area contributed by atoms with Gasteiger partial charge in [0.25, 0.3) is 5.91 Å². The lowest BCUT2D eigenvalue weighted by Gasteiger charge is -2.27. The smallest absolute Gasteiger partial charge is 0.281 e. The molecule has 0 saturated carbocycles. The van der Waals surface area contributed by atoms with Crippen molar-refractivity contribution in [3.63, 3.8) is 0 Å². The summed E-state index contributed by atoms with van der Waals surface area (Å²) < 4.78 is 0.421. The molecule has 0 heterocycles. The van der Waals surface area contributed by atoms with E-state index in [1.54, 1.807) is 60.7 Å². The van der Waals surface area contributed by atoms with Gasteiger partial charge < -0.3 is 15.3 Å². The first-order chi connectivity index (χ1) is 13.9. The van der Waals surface area contributed by atoms with E-state index in [-0.39, 0.29) is 21.5 Å². The van der Waals surface area contributed by atoms with Crippen LogP contribution in [-0.4, -0.2) is 27.4 Å². The maximum absolute atomic E-state index is 12.9. The maximum Gasteiger partial charge on any atom is 0.281 e. The summed E-state index contributed by atoms with van der Waals surface area (Å²) in [4.78, 5) is 12.9. The fourth-order valence-corrected chi connectivity index (χ4v) is 3.90. The third-order valence-corrected chi connectivity index (χ3v) is 5.63. The van der Waals surface area contributed by atoms with Crippen molar-refractivity contribution in [1.29, 1.82) is 0 Å². The summed E-state index contributed by atoms with van der Waals surface area (Å²) in [7, 11) is 0. The van der Waals surface area contributed by atoms with Crippen molar-refractivity contribution >= 4 is 44.0 Å². The molecule has 0 aromatic heterocycles. The van der Waals surface area contributed by atoms with Crippen molar-refractivity contribution in [2.75, 3.05) is 0 Å². The lowest BCUT2D eigenvalue weighted by atomic mass is 9.85. The quantitative estimate of drug-likeness (QED) is 0.302. The molecular formula is C21H16Br2N2O4. The number of aliphatic hydroxyl groups is 1. The van der Waals surface area contributed by atoms with Gasteiger partial charge in [-0.25, -0.2) is 5.43 Å². The summed E-state index contributed by atoms with van der Waals surface area (Å²) in [6.07, 6.45) is 1.21. The second-order valence-electron chi connectivity index (χ2n) is 6.10. The van der Waals surface area contributed by atoms with Crippen LogP contribution >= 0.6 is 31.9 Å². The molecule has 1 amide bonds. The largest absolute Gasteiger partial charge is 0.506 e. The van der Waals surface area contributed by atoms with Gasteiger partial charge in [-0.15, -0.1) is 0 Å². The Balaban J connectivity index is 1.92.